The van der Waals surface area contributed by atoms with Crippen LogP contribution in [0.5, 0.6) is 5.75 Å². The summed E-state index contributed by atoms with van der Waals surface area (Å²) in [5.74, 6) is 0.564. The minimum absolute atomic E-state index is 0.121. The third-order valence-electron chi connectivity index (χ3n) is 7.05. The second kappa shape index (κ2) is 11.8. The number of aliphatic imine (C=N–C) groups is 1. The molecule has 40 heavy (non-hydrogen) atoms. The van der Waals surface area contributed by atoms with Gasteiger partial charge in [0.05, 0.1) is 5.56 Å². The number of carbonyl (C=O) groups excluding carboxylic acids is 1. The summed E-state index contributed by atoms with van der Waals surface area (Å²) in [6, 6.07) is 27.1. The highest BCUT2D eigenvalue weighted by Crippen LogP contribution is 2.41. The van der Waals surface area contributed by atoms with Crippen molar-refractivity contribution in [1.29, 1.82) is 0 Å². The van der Waals surface area contributed by atoms with E-state index < -0.39 is 0 Å². The molecule has 7 heteroatoms. The van der Waals surface area contributed by atoms with Gasteiger partial charge in [0.15, 0.2) is 0 Å². The number of halogens is 2. The van der Waals surface area contributed by atoms with Gasteiger partial charge in [0.2, 0.25) is 0 Å². The number of nitrogens with one attached hydrogen (secondary N) is 1. The van der Waals surface area contributed by atoms with Crippen molar-refractivity contribution in [3.8, 4) is 5.75 Å². The fraction of sp³-hybridized carbons (Fsp3) is 0.152. The number of benzene rings is 4. The molecule has 200 valence electrons. The lowest BCUT2D eigenvalue weighted by atomic mass is 9.95. The van der Waals surface area contributed by atoms with Crippen molar-refractivity contribution in [3.63, 3.8) is 0 Å². The van der Waals surface area contributed by atoms with Gasteiger partial charge in [-0.2, -0.15) is 0 Å². The summed E-state index contributed by atoms with van der Waals surface area (Å²) in [6.45, 7) is 0.285. The number of amides is 1. The Balaban J connectivity index is 1.38. The molecule has 0 spiro atoms. The molecule has 0 bridgehead atoms. The average molecular weight is 586 g/mol. The van der Waals surface area contributed by atoms with Crippen LogP contribution in [0.3, 0.4) is 0 Å². The van der Waals surface area contributed by atoms with Gasteiger partial charge in [-0.1, -0.05) is 77.8 Å². The first-order valence-electron chi connectivity index (χ1n) is 13.2. The Morgan fingerprint density at radius 1 is 0.950 bits per heavy atom. The van der Waals surface area contributed by atoms with Gasteiger partial charge in [-0.25, -0.2) is 4.99 Å². The number of thiophene rings is 1. The van der Waals surface area contributed by atoms with Crippen molar-refractivity contribution in [2.75, 3.05) is 5.32 Å². The molecule has 1 N–H and O–H groups in total. The summed E-state index contributed by atoms with van der Waals surface area (Å²) in [6.07, 6.45) is 5.91. The van der Waals surface area contributed by atoms with E-state index in [4.69, 9.17) is 32.9 Å². The van der Waals surface area contributed by atoms with Crippen molar-refractivity contribution in [2.24, 2.45) is 4.99 Å². The number of fused-ring (bicyclic) bond motifs is 2. The van der Waals surface area contributed by atoms with Gasteiger partial charge in [0.1, 0.15) is 17.4 Å². The van der Waals surface area contributed by atoms with Gasteiger partial charge < -0.3 is 10.1 Å². The third-order valence-corrected chi connectivity index (χ3v) is 8.84. The number of ether oxygens (including phenoxy) is 1. The highest BCUT2D eigenvalue weighted by Gasteiger charge is 2.25. The highest BCUT2D eigenvalue weighted by atomic mass is 35.5. The van der Waals surface area contributed by atoms with E-state index in [1.54, 1.807) is 23.5 Å². The van der Waals surface area contributed by atoms with E-state index in [1.165, 1.54) is 4.88 Å². The van der Waals surface area contributed by atoms with E-state index >= 15 is 0 Å². The number of hydrogen-bond donors (Lipinski definition) is 1. The number of aryl methyl sites for hydroxylation is 1. The van der Waals surface area contributed by atoms with Crippen molar-refractivity contribution < 1.29 is 9.53 Å². The monoisotopic (exact) mass is 584 g/mol. The van der Waals surface area contributed by atoms with Gasteiger partial charge in [-0.05, 0) is 72.4 Å². The molecule has 1 aromatic heterocycles. The minimum atomic E-state index is -0.121. The molecule has 0 radical (unpaired) electrons. The van der Waals surface area contributed by atoms with E-state index in [-0.39, 0.29) is 12.5 Å². The maximum atomic E-state index is 13.5. The molecule has 0 saturated heterocycles. The fourth-order valence-electron chi connectivity index (χ4n) is 5.04. The van der Waals surface area contributed by atoms with Crippen LogP contribution in [0.25, 0.3) is 10.8 Å². The van der Waals surface area contributed by atoms with E-state index in [0.29, 0.717) is 21.4 Å². The minimum Gasteiger partial charge on any atom is -0.488 e. The van der Waals surface area contributed by atoms with Crippen molar-refractivity contribution >= 4 is 68.1 Å². The number of anilines is 1. The van der Waals surface area contributed by atoms with Crippen LogP contribution in [0, 0.1) is 0 Å². The number of para-hydroxylation sites is 1. The molecule has 6 rings (SSSR count). The topological polar surface area (TPSA) is 50.7 Å². The van der Waals surface area contributed by atoms with Crippen LogP contribution in [0.1, 0.15) is 44.8 Å². The first-order valence-corrected chi connectivity index (χ1v) is 14.8. The van der Waals surface area contributed by atoms with Gasteiger partial charge in [-0.3, -0.25) is 4.79 Å². The van der Waals surface area contributed by atoms with E-state index in [2.05, 4.69) is 17.4 Å². The lowest BCUT2D eigenvalue weighted by molar-refractivity contribution is 0.102. The number of hydrogen-bond acceptors (Lipinski definition) is 4. The van der Waals surface area contributed by atoms with Crippen LogP contribution in [-0.2, 0) is 19.4 Å². The van der Waals surface area contributed by atoms with Gasteiger partial charge in [-0.15, -0.1) is 11.3 Å². The SMILES string of the molecule is O=C(Nc1ccccc1)c1c(N=Cc2c(OCc3ccc(Cl)cc3Cl)ccc3ccccc23)sc2c1CCCC2. The second-order valence-corrected chi connectivity index (χ2v) is 11.6. The van der Waals surface area contributed by atoms with Crippen molar-refractivity contribution in [1.82, 2.24) is 0 Å². The third kappa shape index (κ3) is 5.64. The maximum Gasteiger partial charge on any atom is 0.259 e. The number of rotatable bonds is 7. The first-order chi connectivity index (χ1) is 19.6. The summed E-state index contributed by atoms with van der Waals surface area (Å²) in [4.78, 5) is 19.8. The van der Waals surface area contributed by atoms with E-state index in [9.17, 15) is 4.79 Å². The molecule has 0 fully saturated rings. The largest absolute Gasteiger partial charge is 0.488 e. The summed E-state index contributed by atoms with van der Waals surface area (Å²) >= 11 is 14.1. The normalized spacial score (nSPS) is 12.9. The molecule has 1 aliphatic rings. The van der Waals surface area contributed by atoms with Crippen LogP contribution < -0.4 is 10.1 Å². The Kier molecular flexibility index (Phi) is 7.87. The molecule has 1 aliphatic carbocycles. The van der Waals surface area contributed by atoms with E-state index in [0.717, 1.165) is 63.8 Å². The lowest BCUT2D eigenvalue weighted by Gasteiger charge is -2.13. The smallest absolute Gasteiger partial charge is 0.259 e. The number of nitrogens with zero attached hydrogens (tertiary/aromatic N) is 1. The Bertz CT molecular complexity index is 1730. The van der Waals surface area contributed by atoms with Gasteiger partial charge in [0, 0.05) is 38.0 Å². The first kappa shape index (κ1) is 26.6. The second-order valence-electron chi connectivity index (χ2n) is 9.69. The number of carbonyl (C=O) groups is 1. The highest BCUT2D eigenvalue weighted by molar-refractivity contribution is 7.16. The molecule has 0 unspecified atom stereocenters. The zero-order chi connectivity index (χ0) is 27.5. The lowest BCUT2D eigenvalue weighted by Crippen LogP contribution is -2.14. The molecule has 5 aromatic rings. The van der Waals surface area contributed by atoms with Gasteiger partial charge >= 0.3 is 0 Å². The van der Waals surface area contributed by atoms with Crippen LogP contribution in [-0.4, -0.2) is 12.1 Å². The zero-order valence-electron chi connectivity index (χ0n) is 21.6. The van der Waals surface area contributed by atoms with Crippen molar-refractivity contribution in [3.05, 3.63) is 122 Å². The van der Waals surface area contributed by atoms with E-state index in [1.807, 2.05) is 66.9 Å². The van der Waals surface area contributed by atoms with Crippen molar-refractivity contribution in [2.45, 2.75) is 32.3 Å². The molecule has 4 nitrogen and oxygen atoms in total. The predicted molar refractivity (Wildman–Crippen MR) is 167 cm³/mol. The molecule has 1 amide bonds. The quantitative estimate of drug-likeness (QED) is 0.193. The standard InChI is InChI=1S/C33H26Cl2N2O2S/c34-23-16-14-22(28(35)18-23)20-39-29-17-15-21-8-4-5-11-25(21)27(29)19-36-33-31(26-12-6-7-13-30(26)40-33)32(38)37-24-9-2-1-3-10-24/h1-5,8-11,14-19H,6-7,12-13,20H2,(H,37,38). The Morgan fingerprint density at radius 2 is 1.75 bits per heavy atom. The zero-order valence-corrected chi connectivity index (χ0v) is 24.0. The Morgan fingerprint density at radius 3 is 2.60 bits per heavy atom. The Labute approximate surface area is 247 Å². The molecule has 4 aromatic carbocycles. The molecule has 0 saturated carbocycles. The molecule has 0 aliphatic heterocycles. The summed E-state index contributed by atoms with van der Waals surface area (Å²) in [7, 11) is 0. The predicted octanol–water partition coefficient (Wildman–Crippen LogP) is 9.67. The van der Waals surface area contributed by atoms with Crippen LogP contribution >= 0.6 is 34.5 Å². The molecular weight excluding hydrogens is 559 g/mol. The maximum absolute atomic E-state index is 13.5. The average Bonchev–Trinajstić information content (AvgIpc) is 3.35. The molecule has 1 heterocycles. The fourth-order valence-corrected chi connectivity index (χ4v) is 6.74. The van der Waals surface area contributed by atoms with Crippen LogP contribution in [0.4, 0.5) is 10.7 Å². The molecule has 0 atom stereocenters. The van der Waals surface area contributed by atoms with Crippen LogP contribution in [0.15, 0.2) is 89.9 Å². The molecular formula is C33H26Cl2N2O2S. The van der Waals surface area contributed by atoms with Crippen LogP contribution in [0.2, 0.25) is 10.0 Å². The summed E-state index contributed by atoms with van der Waals surface area (Å²) < 4.78 is 6.28. The summed E-state index contributed by atoms with van der Waals surface area (Å²) in [5.41, 5.74) is 4.26. The van der Waals surface area contributed by atoms with Gasteiger partial charge in [0.25, 0.3) is 5.91 Å². The Hall–Kier alpha value is -3.64. The summed E-state index contributed by atoms with van der Waals surface area (Å²) in [5, 5.41) is 7.02.